The average Bonchev–Trinajstić information content (AvgIpc) is 2.99. The number of ether oxygens (including phenoxy) is 1. The molecule has 0 aliphatic rings. The van der Waals surface area contributed by atoms with E-state index in [-0.39, 0.29) is 17.8 Å². The first-order valence-corrected chi connectivity index (χ1v) is 6.04. The van der Waals surface area contributed by atoms with E-state index in [0.717, 1.165) is 5.69 Å². The van der Waals surface area contributed by atoms with E-state index in [4.69, 9.17) is 9.15 Å². The van der Waals surface area contributed by atoms with Gasteiger partial charge in [-0.25, -0.2) is 4.79 Å². The second kappa shape index (κ2) is 5.55. The summed E-state index contributed by atoms with van der Waals surface area (Å²) in [5.41, 5.74) is 0.881. The van der Waals surface area contributed by atoms with Crippen molar-refractivity contribution >= 4 is 17.7 Å². The highest BCUT2D eigenvalue weighted by atomic mass is 16.5. The number of hydrogen-bond acceptors (Lipinski definition) is 6. The van der Waals surface area contributed by atoms with E-state index in [1.165, 1.54) is 6.26 Å². The van der Waals surface area contributed by atoms with Crippen molar-refractivity contribution in [3.8, 4) is 0 Å². The van der Waals surface area contributed by atoms with Crippen LogP contribution < -0.4 is 5.32 Å². The highest BCUT2D eigenvalue weighted by Crippen LogP contribution is 2.17. The molecular weight excluding hydrogens is 248 g/mol. The molecule has 0 aliphatic carbocycles. The van der Waals surface area contributed by atoms with Gasteiger partial charge in [-0.3, -0.25) is 4.68 Å². The molecule has 19 heavy (non-hydrogen) atoms. The Morgan fingerprint density at radius 3 is 3.00 bits per heavy atom. The molecule has 0 spiro atoms. The lowest BCUT2D eigenvalue weighted by atomic mass is 10.4. The Bertz CT molecular complexity index is 559. The Morgan fingerprint density at radius 2 is 2.37 bits per heavy atom. The summed E-state index contributed by atoms with van der Waals surface area (Å²) in [7, 11) is 0. The molecular formula is C12H16N4O3. The molecule has 0 saturated heterocycles. The van der Waals surface area contributed by atoms with Gasteiger partial charge in [0, 0.05) is 12.2 Å². The highest BCUT2D eigenvalue weighted by molar-refractivity contribution is 5.87. The molecule has 102 valence electrons. The summed E-state index contributed by atoms with van der Waals surface area (Å²) >= 11 is 0. The fourth-order valence-corrected chi connectivity index (χ4v) is 1.44. The number of oxazole rings is 1. The average molecular weight is 264 g/mol. The number of nitrogens with zero attached hydrogens (tertiary/aromatic N) is 3. The molecule has 0 fully saturated rings. The van der Waals surface area contributed by atoms with Crippen LogP contribution >= 0.6 is 0 Å². The Balaban J connectivity index is 2.04. The predicted octanol–water partition coefficient (Wildman–Crippen LogP) is 2.37. The fraction of sp³-hybridized carbons (Fsp3) is 0.417. The van der Waals surface area contributed by atoms with Crippen LogP contribution in [0.4, 0.5) is 11.7 Å². The normalized spacial score (nSPS) is 10.7. The first-order chi connectivity index (χ1) is 9.10. The number of nitrogens with one attached hydrogen (secondary N) is 1. The lowest BCUT2D eigenvalue weighted by molar-refractivity contribution is 0.0519. The lowest BCUT2D eigenvalue weighted by Gasteiger charge is -2.02. The monoisotopic (exact) mass is 264 g/mol. The fourth-order valence-electron chi connectivity index (χ4n) is 1.44. The maximum atomic E-state index is 11.4. The van der Waals surface area contributed by atoms with Crippen molar-refractivity contribution in [2.24, 2.45) is 0 Å². The summed E-state index contributed by atoms with van der Waals surface area (Å²) in [5, 5.41) is 7.10. The van der Waals surface area contributed by atoms with Gasteiger partial charge in [0.1, 0.15) is 6.26 Å². The number of rotatable bonds is 5. The Hall–Kier alpha value is -2.31. The van der Waals surface area contributed by atoms with E-state index in [0.29, 0.717) is 6.61 Å². The maximum absolute atomic E-state index is 11.4. The Labute approximate surface area is 110 Å². The molecule has 0 aliphatic heterocycles. The molecule has 2 heterocycles. The Kier molecular flexibility index (Phi) is 3.84. The molecule has 7 nitrogen and oxygen atoms in total. The minimum Gasteiger partial charge on any atom is -0.461 e. The van der Waals surface area contributed by atoms with Crippen molar-refractivity contribution in [2.45, 2.75) is 26.8 Å². The van der Waals surface area contributed by atoms with Crippen LogP contribution in [0.2, 0.25) is 0 Å². The van der Waals surface area contributed by atoms with Gasteiger partial charge in [0.25, 0.3) is 6.01 Å². The molecule has 2 rings (SSSR count). The van der Waals surface area contributed by atoms with E-state index in [2.05, 4.69) is 15.4 Å². The summed E-state index contributed by atoms with van der Waals surface area (Å²) in [4.78, 5) is 15.4. The van der Waals surface area contributed by atoms with Crippen molar-refractivity contribution in [1.29, 1.82) is 0 Å². The van der Waals surface area contributed by atoms with Crippen LogP contribution in [0, 0.1) is 0 Å². The van der Waals surface area contributed by atoms with Crippen LogP contribution in [0.3, 0.4) is 0 Å². The van der Waals surface area contributed by atoms with Crippen molar-refractivity contribution in [3.05, 3.63) is 24.4 Å². The van der Waals surface area contributed by atoms with Crippen molar-refractivity contribution < 1.29 is 13.9 Å². The zero-order chi connectivity index (χ0) is 13.8. The summed E-state index contributed by atoms with van der Waals surface area (Å²) in [6.45, 7) is 6.09. The summed E-state index contributed by atoms with van der Waals surface area (Å²) in [6.07, 6.45) is 4.75. The zero-order valence-electron chi connectivity index (χ0n) is 11.1. The van der Waals surface area contributed by atoms with Gasteiger partial charge in [-0.1, -0.05) is 0 Å². The third kappa shape index (κ3) is 3.12. The second-order valence-electron chi connectivity index (χ2n) is 4.19. The van der Waals surface area contributed by atoms with Crippen LogP contribution in [0.25, 0.3) is 0 Å². The molecule has 0 atom stereocenters. The van der Waals surface area contributed by atoms with Gasteiger partial charge >= 0.3 is 5.97 Å². The van der Waals surface area contributed by atoms with Gasteiger partial charge in [0.05, 0.1) is 18.5 Å². The topological polar surface area (TPSA) is 82.2 Å². The maximum Gasteiger partial charge on any atom is 0.360 e. The number of esters is 1. The SMILES string of the molecule is CCOC(=O)c1coc(Nc2cnn(C(C)C)c2)n1. The molecule has 0 aromatic carbocycles. The number of aromatic nitrogens is 3. The number of carbonyl (C=O) groups is 1. The smallest absolute Gasteiger partial charge is 0.360 e. The molecule has 0 bridgehead atoms. The van der Waals surface area contributed by atoms with Gasteiger partial charge in [0.15, 0.2) is 5.69 Å². The molecule has 0 saturated carbocycles. The van der Waals surface area contributed by atoms with Crippen LogP contribution in [-0.4, -0.2) is 27.3 Å². The van der Waals surface area contributed by atoms with E-state index in [1.807, 2.05) is 20.0 Å². The predicted molar refractivity (Wildman–Crippen MR) is 68.4 cm³/mol. The van der Waals surface area contributed by atoms with Gasteiger partial charge in [-0.15, -0.1) is 0 Å². The van der Waals surface area contributed by atoms with Gasteiger partial charge in [0.2, 0.25) is 0 Å². The van der Waals surface area contributed by atoms with Crippen LogP contribution in [0.15, 0.2) is 23.1 Å². The third-order valence-corrected chi connectivity index (χ3v) is 2.37. The first-order valence-electron chi connectivity index (χ1n) is 6.04. The standard InChI is InChI=1S/C12H16N4O3/c1-4-18-11(17)10-7-19-12(15-10)14-9-5-13-16(6-9)8(2)3/h5-8H,4H2,1-3H3,(H,14,15). The molecule has 7 heteroatoms. The summed E-state index contributed by atoms with van der Waals surface area (Å²) in [5.74, 6) is -0.503. The van der Waals surface area contributed by atoms with Crippen molar-refractivity contribution in [1.82, 2.24) is 14.8 Å². The highest BCUT2D eigenvalue weighted by Gasteiger charge is 2.13. The molecule has 0 amide bonds. The number of carbonyl (C=O) groups excluding carboxylic acids is 1. The van der Waals surface area contributed by atoms with Gasteiger partial charge < -0.3 is 14.5 Å². The molecule has 2 aromatic heterocycles. The Morgan fingerprint density at radius 1 is 1.58 bits per heavy atom. The van der Waals surface area contributed by atoms with E-state index in [1.54, 1.807) is 17.8 Å². The van der Waals surface area contributed by atoms with E-state index in [9.17, 15) is 4.79 Å². The third-order valence-electron chi connectivity index (χ3n) is 2.37. The van der Waals surface area contributed by atoms with Crippen molar-refractivity contribution in [3.63, 3.8) is 0 Å². The molecule has 0 unspecified atom stereocenters. The first kappa shape index (κ1) is 13.1. The van der Waals surface area contributed by atoms with Crippen LogP contribution in [0.1, 0.15) is 37.3 Å². The second-order valence-corrected chi connectivity index (χ2v) is 4.19. The quantitative estimate of drug-likeness (QED) is 0.835. The summed E-state index contributed by atoms with van der Waals surface area (Å²) < 4.78 is 11.8. The number of anilines is 2. The number of hydrogen-bond donors (Lipinski definition) is 1. The van der Waals surface area contributed by atoms with Gasteiger partial charge in [-0.05, 0) is 20.8 Å². The molecule has 0 radical (unpaired) electrons. The zero-order valence-corrected chi connectivity index (χ0v) is 11.1. The molecule has 2 aromatic rings. The van der Waals surface area contributed by atoms with Crippen molar-refractivity contribution in [2.75, 3.05) is 11.9 Å². The van der Waals surface area contributed by atoms with Crippen LogP contribution in [-0.2, 0) is 4.74 Å². The van der Waals surface area contributed by atoms with E-state index < -0.39 is 5.97 Å². The molecule has 1 N–H and O–H groups in total. The van der Waals surface area contributed by atoms with Crippen LogP contribution in [0.5, 0.6) is 0 Å². The minimum atomic E-state index is -0.503. The lowest BCUT2D eigenvalue weighted by Crippen LogP contribution is -2.04. The van der Waals surface area contributed by atoms with Gasteiger partial charge in [-0.2, -0.15) is 10.1 Å². The largest absolute Gasteiger partial charge is 0.461 e. The minimum absolute atomic E-state index is 0.139. The van der Waals surface area contributed by atoms with E-state index >= 15 is 0 Å². The summed E-state index contributed by atoms with van der Waals surface area (Å²) in [6, 6.07) is 0.501.